The lowest BCUT2D eigenvalue weighted by Crippen LogP contribution is -2.29. The van der Waals surface area contributed by atoms with Crippen LogP contribution in [0.3, 0.4) is 0 Å². The molecular formula is C21H25N3O7S. The lowest BCUT2D eigenvalue weighted by Gasteiger charge is -2.16. The van der Waals surface area contributed by atoms with Crippen molar-refractivity contribution in [2.24, 2.45) is 0 Å². The van der Waals surface area contributed by atoms with E-state index in [2.05, 4.69) is 10.0 Å². The third kappa shape index (κ3) is 6.11. The molecule has 1 amide bonds. The smallest absolute Gasteiger partial charge is 0.307 e. The van der Waals surface area contributed by atoms with Gasteiger partial charge >= 0.3 is 5.97 Å². The zero-order chi connectivity index (χ0) is 24.1. The summed E-state index contributed by atoms with van der Waals surface area (Å²) in [6.07, 6.45) is -0.291. The van der Waals surface area contributed by atoms with Crippen LogP contribution in [0.1, 0.15) is 28.7 Å². The van der Waals surface area contributed by atoms with E-state index >= 15 is 0 Å². The van der Waals surface area contributed by atoms with E-state index in [0.717, 1.165) is 11.1 Å². The van der Waals surface area contributed by atoms with Gasteiger partial charge in [-0.05, 0) is 56.0 Å². The molecule has 11 heteroatoms. The summed E-state index contributed by atoms with van der Waals surface area (Å²) < 4.78 is 32.7. The number of amides is 1. The molecule has 0 aromatic heterocycles. The third-order valence-corrected chi connectivity index (χ3v) is 6.66. The number of benzene rings is 2. The largest absolute Gasteiger partial charge is 0.456 e. The highest BCUT2D eigenvalue weighted by molar-refractivity contribution is 7.89. The Kier molecular flexibility index (Phi) is 8.06. The van der Waals surface area contributed by atoms with Crippen molar-refractivity contribution in [2.75, 3.05) is 18.5 Å². The molecular weight excluding hydrogens is 438 g/mol. The van der Waals surface area contributed by atoms with E-state index in [9.17, 15) is 28.1 Å². The number of esters is 1. The average molecular weight is 464 g/mol. The number of sulfonamides is 1. The number of nitrogens with zero attached hydrogens (tertiary/aromatic N) is 1. The second kappa shape index (κ2) is 10.3. The van der Waals surface area contributed by atoms with Crippen LogP contribution in [0, 0.1) is 37.8 Å². The van der Waals surface area contributed by atoms with Crippen molar-refractivity contribution < 1.29 is 27.7 Å². The maximum atomic E-state index is 12.7. The quantitative estimate of drug-likeness (QED) is 0.330. The van der Waals surface area contributed by atoms with Crippen LogP contribution in [0.5, 0.6) is 0 Å². The summed E-state index contributed by atoms with van der Waals surface area (Å²) in [5.41, 5.74) is 2.64. The Hall–Kier alpha value is -3.31. The fourth-order valence-corrected chi connectivity index (χ4v) is 4.73. The predicted molar refractivity (Wildman–Crippen MR) is 118 cm³/mol. The minimum absolute atomic E-state index is 0.0227. The van der Waals surface area contributed by atoms with Crippen LogP contribution < -0.4 is 10.0 Å². The Balaban J connectivity index is 1.89. The summed E-state index contributed by atoms with van der Waals surface area (Å²) in [6.45, 7) is 6.23. The van der Waals surface area contributed by atoms with Gasteiger partial charge in [0.25, 0.3) is 11.6 Å². The van der Waals surface area contributed by atoms with Gasteiger partial charge in [0.05, 0.1) is 16.2 Å². The Labute approximate surface area is 186 Å². The molecule has 10 nitrogen and oxygen atoms in total. The molecule has 0 fully saturated rings. The highest BCUT2D eigenvalue weighted by atomic mass is 32.2. The fraction of sp³-hybridized carbons (Fsp3) is 0.333. The van der Waals surface area contributed by atoms with E-state index < -0.39 is 33.4 Å². The first-order valence-corrected chi connectivity index (χ1v) is 11.2. The van der Waals surface area contributed by atoms with Gasteiger partial charge in [-0.15, -0.1) is 0 Å². The van der Waals surface area contributed by atoms with E-state index in [1.165, 1.54) is 24.3 Å². The lowest BCUT2D eigenvalue weighted by molar-refractivity contribution is -0.383. The summed E-state index contributed by atoms with van der Waals surface area (Å²) in [7, 11) is -3.85. The average Bonchev–Trinajstić information content (AvgIpc) is 2.71. The van der Waals surface area contributed by atoms with Gasteiger partial charge in [-0.1, -0.05) is 18.2 Å². The number of hydrogen-bond donors (Lipinski definition) is 2. The fourth-order valence-electron chi connectivity index (χ4n) is 3.09. The molecule has 172 valence electrons. The summed E-state index contributed by atoms with van der Waals surface area (Å²) in [5, 5.41) is 13.3. The second-order valence-corrected chi connectivity index (χ2v) is 8.92. The van der Waals surface area contributed by atoms with Gasteiger partial charge in [0.1, 0.15) is 5.69 Å². The number of rotatable bonds is 9. The standard InChI is InChI=1S/C21H25N3O7S/c1-13-11-14(2)16(4)21(15(13)3)32(29,30)22-10-9-20(26)31-12-19(25)23-17-7-5-6-8-18(17)24(27)28/h5-8,11,22H,9-10,12H2,1-4H3,(H,23,25). The SMILES string of the molecule is Cc1cc(C)c(C)c(S(=O)(=O)NCCC(=O)OCC(=O)Nc2ccccc2[N+](=O)[O-])c1C. The first-order valence-electron chi connectivity index (χ1n) is 9.70. The molecule has 2 rings (SSSR count). The minimum Gasteiger partial charge on any atom is -0.456 e. The Morgan fingerprint density at radius 3 is 2.25 bits per heavy atom. The molecule has 0 spiro atoms. The van der Waals surface area contributed by atoms with Gasteiger partial charge in [-0.3, -0.25) is 19.7 Å². The van der Waals surface area contributed by atoms with E-state index in [1.54, 1.807) is 13.8 Å². The van der Waals surface area contributed by atoms with Crippen molar-refractivity contribution in [2.45, 2.75) is 39.0 Å². The molecule has 0 aliphatic heterocycles. The Morgan fingerprint density at radius 1 is 1.06 bits per heavy atom. The molecule has 2 aromatic carbocycles. The van der Waals surface area contributed by atoms with Gasteiger partial charge in [0, 0.05) is 12.6 Å². The normalized spacial score (nSPS) is 11.1. The molecule has 2 N–H and O–H groups in total. The summed E-state index contributed by atoms with van der Waals surface area (Å²) in [4.78, 5) is 34.3. The van der Waals surface area contributed by atoms with Gasteiger partial charge in [-0.2, -0.15) is 0 Å². The number of para-hydroxylation sites is 2. The molecule has 0 saturated carbocycles. The zero-order valence-corrected chi connectivity index (χ0v) is 19.0. The number of nitrogens with one attached hydrogen (secondary N) is 2. The molecule has 32 heavy (non-hydrogen) atoms. The van der Waals surface area contributed by atoms with Gasteiger partial charge < -0.3 is 10.1 Å². The number of carbonyl (C=O) groups excluding carboxylic acids is 2. The van der Waals surface area contributed by atoms with Crippen molar-refractivity contribution in [1.29, 1.82) is 0 Å². The van der Waals surface area contributed by atoms with Gasteiger partial charge in [0.2, 0.25) is 10.0 Å². The summed E-state index contributed by atoms with van der Waals surface area (Å²) >= 11 is 0. The number of anilines is 1. The number of hydrogen-bond acceptors (Lipinski definition) is 7. The van der Waals surface area contributed by atoms with E-state index in [4.69, 9.17) is 4.74 Å². The van der Waals surface area contributed by atoms with Crippen LogP contribution in [-0.2, 0) is 24.3 Å². The van der Waals surface area contributed by atoms with Gasteiger partial charge in [0.15, 0.2) is 6.61 Å². The maximum Gasteiger partial charge on any atom is 0.307 e. The topological polar surface area (TPSA) is 145 Å². The van der Waals surface area contributed by atoms with Crippen LogP contribution in [0.2, 0.25) is 0 Å². The van der Waals surface area contributed by atoms with E-state index in [-0.39, 0.29) is 29.2 Å². The summed E-state index contributed by atoms with van der Waals surface area (Å²) in [6, 6.07) is 7.46. The molecule has 0 atom stereocenters. The number of carbonyl (C=O) groups is 2. The lowest BCUT2D eigenvalue weighted by atomic mass is 10.0. The van der Waals surface area contributed by atoms with Crippen molar-refractivity contribution in [3.8, 4) is 0 Å². The second-order valence-electron chi connectivity index (χ2n) is 7.22. The third-order valence-electron chi connectivity index (χ3n) is 4.93. The molecule has 0 unspecified atom stereocenters. The molecule has 0 aliphatic rings. The van der Waals surface area contributed by atoms with Crippen molar-refractivity contribution in [3.63, 3.8) is 0 Å². The Bertz CT molecular complexity index is 1130. The first-order chi connectivity index (χ1) is 14.9. The number of ether oxygens (including phenoxy) is 1. The first kappa shape index (κ1) is 25.0. The monoisotopic (exact) mass is 463 g/mol. The van der Waals surface area contributed by atoms with Crippen molar-refractivity contribution >= 4 is 33.3 Å². The number of nitro groups is 1. The minimum atomic E-state index is -3.85. The van der Waals surface area contributed by atoms with Crippen LogP contribution >= 0.6 is 0 Å². The molecule has 0 heterocycles. The predicted octanol–water partition coefficient (Wildman–Crippen LogP) is 2.68. The van der Waals surface area contributed by atoms with Crippen LogP contribution in [0.4, 0.5) is 11.4 Å². The number of nitro benzene ring substituents is 1. The van der Waals surface area contributed by atoms with E-state index in [1.807, 2.05) is 19.9 Å². The van der Waals surface area contributed by atoms with Crippen molar-refractivity contribution in [1.82, 2.24) is 4.72 Å². The maximum absolute atomic E-state index is 12.7. The highest BCUT2D eigenvalue weighted by Crippen LogP contribution is 2.26. The molecule has 2 aromatic rings. The van der Waals surface area contributed by atoms with Crippen LogP contribution in [0.25, 0.3) is 0 Å². The van der Waals surface area contributed by atoms with Crippen LogP contribution in [0.15, 0.2) is 35.2 Å². The summed E-state index contributed by atoms with van der Waals surface area (Å²) in [5.74, 6) is -1.55. The molecule has 0 bridgehead atoms. The zero-order valence-electron chi connectivity index (χ0n) is 18.2. The van der Waals surface area contributed by atoms with Crippen LogP contribution in [-0.4, -0.2) is 38.4 Å². The Morgan fingerprint density at radius 2 is 1.66 bits per heavy atom. The number of aryl methyl sites for hydroxylation is 2. The van der Waals surface area contributed by atoms with Crippen molar-refractivity contribution in [3.05, 3.63) is 62.7 Å². The van der Waals surface area contributed by atoms with Gasteiger partial charge in [-0.25, -0.2) is 13.1 Å². The van der Waals surface area contributed by atoms with E-state index in [0.29, 0.717) is 11.1 Å². The highest BCUT2D eigenvalue weighted by Gasteiger charge is 2.22. The molecule has 0 radical (unpaired) electrons. The molecule has 0 aliphatic carbocycles. The molecule has 0 saturated heterocycles.